The van der Waals surface area contributed by atoms with E-state index >= 15 is 0 Å². The van der Waals surface area contributed by atoms with Gasteiger partial charge in [0.2, 0.25) is 0 Å². The first-order valence-corrected chi connectivity index (χ1v) is 6.40. The Labute approximate surface area is 122 Å². The molecular formula is C15H17NO5. The molecule has 0 saturated carbocycles. The molecule has 1 N–H and O–H groups in total. The molecule has 0 spiro atoms. The van der Waals surface area contributed by atoms with Gasteiger partial charge in [-0.1, -0.05) is 0 Å². The SMILES string of the molecule is COC(=O)Cc1[nH]c2ccc(OC)cc2c1CC(=O)OC. The minimum Gasteiger partial charge on any atom is -0.497 e. The average molecular weight is 291 g/mol. The molecule has 6 nitrogen and oxygen atoms in total. The number of ether oxygens (including phenoxy) is 3. The molecule has 1 aromatic carbocycles. The molecule has 1 aromatic heterocycles. The summed E-state index contributed by atoms with van der Waals surface area (Å²) in [5.74, 6) is -0.0679. The van der Waals surface area contributed by atoms with Gasteiger partial charge in [0, 0.05) is 16.6 Å². The Hall–Kier alpha value is -2.50. The zero-order valence-corrected chi connectivity index (χ0v) is 12.2. The first-order chi connectivity index (χ1) is 10.1. The van der Waals surface area contributed by atoms with E-state index in [1.54, 1.807) is 7.11 Å². The van der Waals surface area contributed by atoms with E-state index in [1.807, 2.05) is 18.2 Å². The Morgan fingerprint density at radius 1 is 1.05 bits per heavy atom. The molecule has 112 valence electrons. The molecule has 0 radical (unpaired) electrons. The predicted molar refractivity (Wildman–Crippen MR) is 76.3 cm³/mol. The quantitative estimate of drug-likeness (QED) is 0.847. The van der Waals surface area contributed by atoms with Gasteiger partial charge in [0.15, 0.2) is 0 Å². The van der Waals surface area contributed by atoms with E-state index in [0.29, 0.717) is 11.4 Å². The van der Waals surface area contributed by atoms with Crippen molar-refractivity contribution in [2.24, 2.45) is 0 Å². The second-order valence-electron chi connectivity index (χ2n) is 4.50. The molecule has 0 saturated heterocycles. The third-order valence-corrected chi connectivity index (χ3v) is 3.30. The van der Waals surface area contributed by atoms with Gasteiger partial charge >= 0.3 is 11.9 Å². The number of hydrogen-bond donors (Lipinski definition) is 1. The maximum atomic E-state index is 11.6. The van der Waals surface area contributed by atoms with Gasteiger partial charge in [-0.3, -0.25) is 9.59 Å². The van der Waals surface area contributed by atoms with E-state index in [-0.39, 0.29) is 24.8 Å². The van der Waals surface area contributed by atoms with E-state index in [1.165, 1.54) is 14.2 Å². The zero-order valence-electron chi connectivity index (χ0n) is 12.2. The Bertz CT molecular complexity index is 674. The van der Waals surface area contributed by atoms with Crippen LogP contribution < -0.4 is 4.74 Å². The van der Waals surface area contributed by atoms with Crippen molar-refractivity contribution in [2.45, 2.75) is 12.8 Å². The maximum absolute atomic E-state index is 11.6. The average Bonchev–Trinajstić information content (AvgIpc) is 2.83. The summed E-state index contributed by atoms with van der Waals surface area (Å²) in [6, 6.07) is 5.48. The number of aromatic amines is 1. The number of hydrogen-bond acceptors (Lipinski definition) is 5. The smallest absolute Gasteiger partial charge is 0.311 e. The molecule has 0 unspecified atom stereocenters. The summed E-state index contributed by atoms with van der Waals surface area (Å²) in [5.41, 5.74) is 2.20. The third-order valence-electron chi connectivity index (χ3n) is 3.30. The van der Waals surface area contributed by atoms with Gasteiger partial charge in [-0.15, -0.1) is 0 Å². The lowest BCUT2D eigenvalue weighted by molar-refractivity contribution is -0.141. The second-order valence-corrected chi connectivity index (χ2v) is 4.50. The molecule has 0 fully saturated rings. The van der Waals surface area contributed by atoms with Crippen LogP contribution in [0.5, 0.6) is 5.75 Å². The molecule has 0 bridgehead atoms. The maximum Gasteiger partial charge on any atom is 0.311 e. The summed E-state index contributed by atoms with van der Waals surface area (Å²) >= 11 is 0. The molecule has 21 heavy (non-hydrogen) atoms. The normalized spacial score (nSPS) is 10.4. The summed E-state index contributed by atoms with van der Waals surface area (Å²) in [6.45, 7) is 0. The van der Waals surface area contributed by atoms with Crippen LogP contribution in [-0.4, -0.2) is 38.3 Å². The Morgan fingerprint density at radius 2 is 1.71 bits per heavy atom. The van der Waals surface area contributed by atoms with E-state index < -0.39 is 0 Å². The minimum atomic E-state index is -0.375. The fourth-order valence-electron chi connectivity index (χ4n) is 2.20. The van der Waals surface area contributed by atoms with Gasteiger partial charge in [-0.05, 0) is 23.8 Å². The van der Waals surface area contributed by atoms with Crippen LogP contribution in [0.4, 0.5) is 0 Å². The Morgan fingerprint density at radius 3 is 2.33 bits per heavy atom. The Kier molecular flexibility index (Phi) is 4.47. The lowest BCUT2D eigenvalue weighted by atomic mass is 10.1. The topological polar surface area (TPSA) is 77.6 Å². The number of H-pyrrole nitrogens is 1. The number of fused-ring (bicyclic) bond motifs is 1. The number of benzene rings is 1. The highest BCUT2D eigenvalue weighted by Gasteiger charge is 2.18. The van der Waals surface area contributed by atoms with Gasteiger partial charge in [-0.2, -0.15) is 0 Å². The van der Waals surface area contributed by atoms with E-state index in [9.17, 15) is 9.59 Å². The van der Waals surface area contributed by atoms with Crippen molar-refractivity contribution < 1.29 is 23.8 Å². The van der Waals surface area contributed by atoms with Crippen molar-refractivity contribution in [3.05, 3.63) is 29.5 Å². The van der Waals surface area contributed by atoms with E-state index in [2.05, 4.69) is 9.72 Å². The van der Waals surface area contributed by atoms with Crippen molar-refractivity contribution in [1.29, 1.82) is 0 Å². The molecule has 0 aliphatic carbocycles. The van der Waals surface area contributed by atoms with Crippen molar-refractivity contribution >= 4 is 22.8 Å². The van der Waals surface area contributed by atoms with E-state index in [4.69, 9.17) is 9.47 Å². The van der Waals surface area contributed by atoms with Gasteiger partial charge < -0.3 is 19.2 Å². The number of carbonyl (C=O) groups is 2. The Balaban J connectivity index is 2.52. The van der Waals surface area contributed by atoms with Crippen molar-refractivity contribution in [1.82, 2.24) is 4.98 Å². The van der Waals surface area contributed by atoms with Gasteiger partial charge in [-0.25, -0.2) is 0 Å². The molecule has 0 amide bonds. The number of methoxy groups -OCH3 is 3. The monoisotopic (exact) mass is 291 g/mol. The summed E-state index contributed by atoms with van der Waals surface area (Å²) in [4.78, 5) is 26.3. The van der Waals surface area contributed by atoms with Crippen LogP contribution in [-0.2, 0) is 31.9 Å². The summed E-state index contributed by atoms with van der Waals surface area (Å²) in [7, 11) is 4.23. The molecule has 0 aliphatic rings. The van der Waals surface area contributed by atoms with Crippen LogP contribution in [0.3, 0.4) is 0 Å². The van der Waals surface area contributed by atoms with E-state index in [0.717, 1.165) is 16.5 Å². The van der Waals surface area contributed by atoms with Crippen LogP contribution in [0.15, 0.2) is 18.2 Å². The summed E-state index contributed by atoms with van der Waals surface area (Å²) in [6.07, 6.45) is 0.149. The number of nitrogens with one attached hydrogen (secondary N) is 1. The highest BCUT2D eigenvalue weighted by atomic mass is 16.5. The minimum absolute atomic E-state index is 0.0693. The van der Waals surface area contributed by atoms with Gasteiger partial charge in [0.1, 0.15) is 5.75 Å². The highest BCUT2D eigenvalue weighted by molar-refractivity contribution is 5.91. The first kappa shape index (κ1) is 14.9. The molecule has 2 rings (SSSR count). The molecule has 6 heteroatoms. The lowest BCUT2D eigenvalue weighted by Crippen LogP contribution is -2.10. The highest BCUT2D eigenvalue weighted by Crippen LogP contribution is 2.27. The number of rotatable bonds is 5. The molecule has 1 heterocycles. The van der Waals surface area contributed by atoms with Crippen LogP contribution in [0.25, 0.3) is 10.9 Å². The number of esters is 2. The summed E-state index contributed by atoms with van der Waals surface area (Å²) in [5, 5.41) is 0.832. The molecule has 0 aliphatic heterocycles. The van der Waals surface area contributed by atoms with Crippen molar-refractivity contribution in [2.75, 3.05) is 21.3 Å². The largest absolute Gasteiger partial charge is 0.497 e. The van der Waals surface area contributed by atoms with Gasteiger partial charge in [0.25, 0.3) is 0 Å². The number of aromatic nitrogens is 1. The summed E-state index contributed by atoms with van der Waals surface area (Å²) < 4.78 is 14.6. The van der Waals surface area contributed by atoms with Crippen molar-refractivity contribution in [3.63, 3.8) is 0 Å². The fraction of sp³-hybridized carbons (Fsp3) is 0.333. The number of carbonyl (C=O) groups excluding carboxylic acids is 2. The molecule has 0 atom stereocenters. The molecular weight excluding hydrogens is 274 g/mol. The van der Waals surface area contributed by atoms with Crippen molar-refractivity contribution in [3.8, 4) is 5.75 Å². The van der Waals surface area contributed by atoms with Crippen LogP contribution >= 0.6 is 0 Å². The van der Waals surface area contributed by atoms with Crippen LogP contribution in [0.1, 0.15) is 11.3 Å². The van der Waals surface area contributed by atoms with Crippen LogP contribution in [0, 0.1) is 0 Å². The standard InChI is InChI=1S/C15H17NO5/c1-19-9-4-5-12-10(6-9)11(7-14(17)20-2)13(16-12)8-15(18)21-3/h4-6,16H,7-8H2,1-3H3. The predicted octanol–water partition coefficient (Wildman–Crippen LogP) is 1.61. The second kappa shape index (κ2) is 6.30. The third kappa shape index (κ3) is 3.16. The lowest BCUT2D eigenvalue weighted by Gasteiger charge is -2.04. The molecule has 2 aromatic rings. The van der Waals surface area contributed by atoms with Gasteiger partial charge in [0.05, 0.1) is 34.2 Å². The first-order valence-electron chi connectivity index (χ1n) is 6.40. The fourth-order valence-corrected chi connectivity index (χ4v) is 2.20. The zero-order chi connectivity index (χ0) is 15.4. The van der Waals surface area contributed by atoms with Crippen LogP contribution in [0.2, 0.25) is 0 Å².